The van der Waals surface area contributed by atoms with Crippen LogP contribution in [0.2, 0.25) is 5.02 Å². The van der Waals surface area contributed by atoms with Crippen LogP contribution in [-0.4, -0.2) is 34.0 Å². The lowest BCUT2D eigenvalue weighted by molar-refractivity contribution is -0.385. The number of rotatable bonds is 10. The van der Waals surface area contributed by atoms with Gasteiger partial charge in [0.05, 0.1) is 35.8 Å². The van der Waals surface area contributed by atoms with Gasteiger partial charge in [-0.3, -0.25) is 14.9 Å². The number of esters is 1. The third-order valence-electron chi connectivity index (χ3n) is 4.17. The van der Waals surface area contributed by atoms with Crippen molar-refractivity contribution >= 4 is 29.1 Å². The van der Waals surface area contributed by atoms with E-state index in [1.807, 2.05) is 0 Å². The molecule has 3 aromatic rings. The van der Waals surface area contributed by atoms with Gasteiger partial charge >= 0.3 is 17.5 Å². The zero-order valence-corrected chi connectivity index (χ0v) is 17.6. The molecule has 0 spiro atoms. The van der Waals surface area contributed by atoms with E-state index in [0.717, 1.165) is 18.5 Å². The smallest absolute Gasteiger partial charge is 0.373 e. The van der Waals surface area contributed by atoms with Crippen molar-refractivity contribution < 1.29 is 28.0 Å². The minimum absolute atomic E-state index is 0.0232. The first-order valence-electron chi connectivity index (χ1n) is 9.44. The molecule has 0 amide bonds. The number of hydrogen-bond acceptors (Lipinski definition) is 9. The van der Waals surface area contributed by atoms with Crippen molar-refractivity contribution in [2.45, 2.75) is 19.9 Å². The van der Waals surface area contributed by atoms with E-state index in [2.05, 4.69) is 9.97 Å². The lowest BCUT2D eigenvalue weighted by Gasteiger charge is -2.22. The minimum atomic E-state index is -0.707. The largest absolute Gasteiger partial charge is 0.467 e. The van der Waals surface area contributed by atoms with E-state index in [9.17, 15) is 19.3 Å². The molecule has 0 aliphatic heterocycles. The quantitative estimate of drug-likeness (QED) is 0.242. The van der Waals surface area contributed by atoms with Gasteiger partial charge in [-0.05, 0) is 37.3 Å². The van der Waals surface area contributed by atoms with E-state index in [0.29, 0.717) is 5.76 Å². The number of aromatic nitrogens is 2. The van der Waals surface area contributed by atoms with Gasteiger partial charge in [-0.25, -0.2) is 9.37 Å². The van der Waals surface area contributed by atoms with Crippen molar-refractivity contribution in [3.8, 4) is 11.6 Å². The van der Waals surface area contributed by atoms with Crippen LogP contribution in [0.1, 0.15) is 19.1 Å². The number of nitrogens with zero attached hydrogens (tertiary/aromatic N) is 4. The highest BCUT2D eigenvalue weighted by atomic mass is 35.5. The van der Waals surface area contributed by atoms with Gasteiger partial charge in [-0.1, -0.05) is 11.6 Å². The van der Waals surface area contributed by atoms with Gasteiger partial charge in [0.2, 0.25) is 5.82 Å². The Hall–Kier alpha value is -3.73. The molecular weight excluding hydrogens is 447 g/mol. The second-order valence-corrected chi connectivity index (χ2v) is 6.75. The standard InChI is InChI=1S/C20H18ClFN4O6/c1-2-30-17(27)7-8-25(11-14-4-3-9-31-14)19-18(26(28)29)20(24-12-23-19)32-16-6-5-13(22)10-15(16)21/h3-6,9-10,12H,2,7-8,11H2,1H3. The van der Waals surface area contributed by atoms with E-state index < -0.39 is 28.3 Å². The Morgan fingerprint density at radius 2 is 2.16 bits per heavy atom. The summed E-state index contributed by atoms with van der Waals surface area (Å²) in [5, 5.41) is 11.8. The van der Waals surface area contributed by atoms with Crippen molar-refractivity contribution in [3.63, 3.8) is 0 Å². The fraction of sp³-hybridized carbons (Fsp3) is 0.250. The summed E-state index contributed by atoms with van der Waals surface area (Å²) in [5.41, 5.74) is -0.552. The molecule has 2 heterocycles. The molecule has 2 aromatic heterocycles. The maximum absolute atomic E-state index is 13.3. The van der Waals surface area contributed by atoms with Crippen molar-refractivity contribution in [1.82, 2.24) is 9.97 Å². The van der Waals surface area contributed by atoms with Crippen LogP contribution in [-0.2, 0) is 16.1 Å². The zero-order valence-electron chi connectivity index (χ0n) is 16.9. The minimum Gasteiger partial charge on any atom is -0.467 e. The summed E-state index contributed by atoms with van der Waals surface area (Å²) in [6.45, 7) is 2.02. The molecule has 32 heavy (non-hydrogen) atoms. The van der Waals surface area contributed by atoms with Crippen molar-refractivity contribution in [1.29, 1.82) is 0 Å². The number of anilines is 1. The molecule has 0 bridgehead atoms. The van der Waals surface area contributed by atoms with E-state index >= 15 is 0 Å². The lowest BCUT2D eigenvalue weighted by atomic mass is 10.3. The van der Waals surface area contributed by atoms with Crippen LogP contribution in [0.15, 0.2) is 47.3 Å². The van der Waals surface area contributed by atoms with Gasteiger partial charge in [0.1, 0.15) is 23.7 Å². The highest BCUT2D eigenvalue weighted by molar-refractivity contribution is 6.32. The number of hydrogen-bond donors (Lipinski definition) is 0. The number of halogens is 2. The van der Waals surface area contributed by atoms with E-state index in [1.54, 1.807) is 19.1 Å². The number of furan rings is 1. The Morgan fingerprint density at radius 1 is 1.34 bits per heavy atom. The number of carbonyl (C=O) groups is 1. The summed E-state index contributed by atoms with van der Waals surface area (Å²) in [6.07, 6.45) is 2.49. The molecule has 3 rings (SSSR count). The number of nitro groups is 1. The summed E-state index contributed by atoms with van der Waals surface area (Å²) < 4.78 is 29.1. The molecule has 0 aliphatic rings. The zero-order chi connectivity index (χ0) is 23.1. The van der Waals surface area contributed by atoms with Crippen LogP contribution < -0.4 is 9.64 Å². The second kappa shape index (κ2) is 10.5. The number of ether oxygens (including phenoxy) is 2. The number of benzene rings is 1. The first-order valence-corrected chi connectivity index (χ1v) is 9.82. The Morgan fingerprint density at radius 3 is 2.81 bits per heavy atom. The van der Waals surface area contributed by atoms with Gasteiger partial charge in [-0.15, -0.1) is 0 Å². The van der Waals surface area contributed by atoms with E-state index in [-0.39, 0.29) is 42.7 Å². The van der Waals surface area contributed by atoms with Gasteiger partial charge in [0, 0.05) is 6.54 Å². The summed E-state index contributed by atoms with van der Waals surface area (Å²) in [6, 6.07) is 6.67. The molecule has 0 saturated heterocycles. The fourth-order valence-corrected chi connectivity index (χ4v) is 3.00. The molecule has 0 radical (unpaired) electrons. The highest BCUT2D eigenvalue weighted by Crippen LogP contribution is 2.38. The molecule has 0 N–H and O–H groups in total. The van der Waals surface area contributed by atoms with Crippen molar-refractivity contribution in [2.24, 2.45) is 0 Å². The topological polar surface area (TPSA) is 121 Å². The Balaban J connectivity index is 1.98. The molecule has 0 aliphatic carbocycles. The third kappa shape index (κ3) is 5.70. The lowest BCUT2D eigenvalue weighted by Crippen LogP contribution is -2.28. The normalized spacial score (nSPS) is 10.6. The van der Waals surface area contributed by atoms with Gasteiger partial charge in [0.15, 0.2) is 0 Å². The Bertz CT molecular complexity index is 1100. The molecule has 0 atom stereocenters. The average molecular weight is 465 g/mol. The molecule has 0 saturated carbocycles. The molecule has 168 valence electrons. The fourth-order valence-electron chi connectivity index (χ4n) is 2.79. The van der Waals surface area contributed by atoms with E-state index in [4.69, 9.17) is 25.5 Å². The first kappa shape index (κ1) is 22.9. The van der Waals surface area contributed by atoms with Crippen molar-refractivity contribution in [3.05, 3.63) is 69.6 Å². The van der Waals surface area contributed by atoms with Crippen LogP contribution in [0.3, 0.4) is 0 Å². The van der Waals surface area contributed by atoms with Gasteiger partial charge in [-0.2, -0.15) is 4.98 Å². The molecule has 0 unspecified atom stereocenters. The Kier molecular flexibility index (Phi) is 7.55. The third-order valence-corrected chi connectivity index (χ3v) is 4.47. The van der Waals surface area contributed by atoms with Crippen LogP contribution >= 0.6 is 11.6 Å². The van der Waals surface area contributed by atoms with Crippen LogP contribution in [0.5, 0.6) is 11.6 Å². The van der Waals surface area contributed by atoms with E-state index in [1.165, 1.54) is 17.2 Å². The van der Waals surface area contributed by atoms with Crippen molar-refractivity contribution in [2.75, 3.05) is 18.1 Å². The van der Waals surface area contributed by atoms with Gasteiger partial charge < -0.3 is 18.8 Å². The summed E-state index contributed by atoms with van der Waals surface area (Å²) >= 11 is 5.97. The SMILES string of the molecule is CCOC(=O)CCN(Cc1ccco1)c1ncnc(Oc2ccc(F)cc2Cl)c1[N+](=O)[O-]. The average Bonchev–Trinajstić information content (AvgIpc) is 3.26. The Labute approximate surface area is 186 Å². The summed E-state index contributed by atoms with van der Waals surface area (Å²) in [7, 11) is 0. The predicted molar refractivity (Wildman–Crippen MR) is 111 cm³/mol. The van der Waals surface area contributed by atoms with Crippen LogP contribution in [0.4, 0.5) is 15.9 Å². The predicted octanol–water partition coefficient (Wildman–Crippen LogP) is 4.52. The molecular formula is C20H18ClFN4O6. The molecule has 12 heteroatoms. The maximum atomic E-state index is 13.3. The van der Waals surface area contributed by atoms with Gasteiger partial charge in [0.25, 0.3) is 0 Å². The molecule has 0 fully saturated rings. The highest BCUT2D eigenvalue weighted by Gasteiger charge is 2.30. The monoisotopic (exact) mass is 464 g/mol. The first-order chi connectivity index (χ1) is 15.4. The number of carbonyl (C=O) groups excluding carboxylic acids is 1. The summed E-state index contributed by atoms with van der Waals surface area (Å²) in [5.74, 6) is -1.09. The summed E-state index contributed by atoms with van der Waals surface area (Å²) in [4.78, 5) is 32.5. The molecule has 1 aromatic carbocycles. The second-order valence-electron chi connectivity index (χ2n) is 6.34. The maximum Gasteiger partial charge on any atom is 0.373 e. The van der Waals surface area contributed by atoms with Crippen LogP contribution in [0, 0.1) is 15.9 Å². The van der Waals surface area contributed by atoms with Crippen LogP contribution in [0.25, 0.3) is 0 Å². The molecule has 10 nitrogen and oxygen atoms in total.